The van der Waals surface area contributed by atoms with E-state index in [0.717, 1.165) is 25.1 Å². The lowest BCUT2D eigenvalue weighted by atomic mass is 9.94. The number of likely N-dealkylation sites (tertiary alicyclic amines) is 1. The molecule has 0 spiro atoms. The van der Waals surface area contributed by atoms with E-state index in [0.29, 0.717) is 17.8 Å². The summed E-state index contributed by atoms with van der Waals surface area (Å²) in [6, 6.07) is 4.32. The molecular formula is C19H31N3O2. The summed E-state index contributed by atoms with van der Waals surface area (Å²) in [5.41, 5.74) is 0.566. The van der Waals surface area contributed by atoms with Crippen LogP contribution in [0.5, 0.6) is 0 Å². The molecule has 1 amide bonds. The van der Waals surface area contributed by atoms with Gasteiger partial charge in [-0.3, -0.25) is 10.2 Å². The first-order valence-corrected chi connectivity index (χ1v) is 8.95. The average Bonchev–Trinajstić information content (AvgIpc) is 2.46. The summed E-state index contributed by atoms with van der Waals surface area (Å²) in [5, 5.41) is 2.84. The summed E-state index contributed by atoms with van der Waals surface area (Å²) < 4.78 is 5.37. The SMILES string of the molecule is CC(C)CN1CCCC[C@H]1c1cccnc1NC(=O)OC(C)(C)C. The highest BCUT2D eigenvalue weighted by molar-refractivity contribution is 5.84. The van der Waals surface area contributed by atoms with Crippen molar-refractivity contribution in [3.8, 4) is 0 Å². The van der Waals surface area contributed by atoms with E-state index in [1.54, 1.807) is 6.20 Å². The summed E-state index contributed by atoms with van der Waals surface area (Å²) in [6.07, 6.45) is 4.81. The molecule has 5 heteroatoms. The highest BCUT2D eigenvalue weighted by Crippen LogP contribution is 2.34. The van der Waals surface area contributed by atoms with Crippen LogP contribution in [0.4, 0.5) is 10.6 Å². The highest BCUT2D eigenvalue weighted by Gasteiger charge is 2.27. The van der Waals surface area contributed by atoms with Gasteiger partial charge in [-0.2, -0.15) is 0 Å². The van der Waals surface area contributed by atoms with E-state index in [9.17, 15) is 4.79 Å². The Labute approximate surface area is 145 Å². The molecule has 0 saturated carbocycles. The monoisotopic (exact) mass is 333 g/mol. The molecule has 0 aromatic carbocycles. The lowest BCUT2D eigenvalue weighted by molar-refractivity contribution is 0.0634. The van der Waals surface area contributed by atoms with Gasteiger partial charge in [0.25, 0.3) is 0 Å². The number of piperidine rings is 1. The maximum Gasteiger partial charge on any atom is 0.413 e. The van der Waals surface area contributed by atoms with Crippen LogP contribution in [-0.2, 0) is 4.74 Å². The largest absolute Gasteiger partial charge is 0.444 e. The van der Waals surface area contributed by atoms with Crippen LogP contribution in [-0.4, -0.2) is 34.7 Å². The molecule has 1 aromatic rings. The van der Waals surface area contributed by atoms with Gasteiger partial charge in [0.05, 0.1) is 0 Å². The fourth-order valence-corrected chi connectivity index (χ4v) is 3.22. The average molecular weight is 333 g/mol. The van der Waals surface area contributed by atoms with Crippen molar-refractivity contribution < 1.29 is 9.53 Å². The summed E-state index contributed by atoms with van der Waals surface area (Å²) in [5.74, 6) is 1.23. The van der Waals surface area contributed by atoms with Crippen molar-refractivity contribution in [3.05, 3.63) is 23.9 Å². The highest BCUT2D eigenvalue weighted by atomic mass is 16.6. The molecule has 24 heavy (non-hydrogen) atoms. The molecular weight excluding hydrogens is 302 g/mol. The molecule has 1 aromatic heterocycles. The van der Waals surface area contributed by atoms with Crippen molar-refractivity contribution in [2.75, 3.05) is 18.4 Å². The van der Waals surface area contributed by atoms with Crippen LogP contribution in [0.3, 0.4) is 0 Å². The molecule has 0 radical (unpaired) electrons. The first-order chi connectivity index (χ1) is 11.3. The van der Waals surface area contributed by atoms with E-state index in [4.69, 9.17) is 4.74 Å². The molecule has 1 fully saturated rings. The van der Waals surface area contributed by atoms with Crippen molar-refractivity contribution in [2.24, 2.45) is 5.92 Å². The molecule has 1 saturated heterocycles. The number of carbonyl (C=O) groups excluding carboxylic acids is 1. The molecule has 1 N–H and O–H groups in total. The Morgan fingerprint density at radius 1 is 1.42 bits per heavy atom. The minimum Gasteiger partial charge on any atom is -0.444 e. The van der Waals surface area contributed by atoms with Crippen molar-refractivity contribution in [3.63, 3.8) is 0 Å². The van der Waals surface area contributed by atoms with Gasteiger partial charge in [0.1, 0.15) is 11.4 Å². The fraction of sp³-hybridized carbons (Fsp3) is 0.684. The number of rotatable bonds is 4. The maximum absolute atomic E-state index is 12.1. The molecule has 0 aliphatic carbocycles. The number of amides is 1. The zero-order valence-corrected chi connectivity index (χ0v) is 15.6. The van der Waals surface area contributed by atoms with E-state index in [2.05, 4.69) is 35.1 Å². The Morgan fingerprint density at radius 3 is 2.83 bits per heavy atom. The zero-order valence-electron chi connectivity index (χ0n) is 15.6. The summed E-state index contributed by atoms with van der Waals surface area (Å²) in [6.45, 7) is 12.2. The molecule has 2 heterocycles. The lowest BCUT2D eigenvalue weighted by Crippen LogP contribution is -2.36. The molecule has 1 aliphatic rings. The number of nitrogens with one attached hydrogen (secondary N) is 1. The van der Waals surface area contributed by atoms with Crippen molar-refractivity contribution in [1.82, 2.24) is 9.88 Å². The number of hydrogen-bond acceptors (Lipinski definition) is 4. The molecule has 0 unspecified atom stereocenters. The Morgan fingerprint density at radius 2 is 2.17 bits per heavy atom. The van der Waals surface area contributed by atoms with Crippen LogP contribution in [0.2, 0.25) is 0 Å². The third kappa shape index (κ3) is 5.48. The van der Waals surface area contributed by atoms with Gasteiger partial charge < -0.3 is 4.74 Å². The van der Waals surface area contributed by atoms with Crippen LogP contribution < -0.4 is 5.32 Å². The number of anilines is 1. The normalized spacial score (nSPS) is 19.3. The minimum atomic E-state index is -0.520. The second-order valence-corrected chi connectivity index (χ2v) is 7.97. The fourth-order valence-electron chi connectivity index (χ4n) is 3.22. The minimum absolute atomic E-state index is 0.305. The second kappa shape index (κ2) is 7.97. The van der Waals surface area contributed by atoms with Crippen molar-refractivity contribution in [1.29, 1.82) is 0 Å². The van der Waals surface area contributed by atoms with Crippen molar-refractivity contribution in [2.45, 2.75) is 65.5 Å². The predicted octanol–water partition coefficient (Wildman–Crippen LogP) is 4.61. The van der Waals surface area contributed by atoms with Crippen LogP contribution in [0.25, 0.3) is 0 Å². The number of aromatic nitrogens is 1. The number of pyridine rings is 1. The quantitative estimate of drug-likeness (QED) is 0.874. The first kappa shape index (κ1) is 18.7. The Hall–Kier alpha value is -1.62. The van der Waals surface area contributed by atoms with E-state index >= 15 is 0 Å². The first-order valence-electron chi connectivity index (χ1n) is 8.95. The van der Waals surface area contributed by atoms with E-state index < -0.39 is 11.7 Å². The number of nitrogens with zero attached hydrogens (tertiary/aromatic N) is 2. The van der Waals surface area contributed by atoms with Gasteiger partial charge >= 0.3 is 6.09 Å². The summed E-state index contributed by atoms with van der Waals surface area (Å²) in [7, 11) is 0. The molecule has 0 bridgehead atoms. The third-order valence-electron chi connectivity index (χ3n) is 4.03. The van der Waals surface area contributed by atoms with Crippen LogP contribution in [0.15, 0.2) is 18.3 Å². The zero-order chi connectivity index (χ0) is 17.7. The third-order valence-corrected chi connectivity index (χ3v) is 4.03. The molecule has 1 atom stereocenters. The van der Waals surface area contributed by atoms with Gasteiger partial charge in [0, 0.05) is 24.3 Å². The Balaban J connectivity index is 2.18. The Bertz CT molecular complexity index is 552. The van der Waals surface area contributed by atoms with Gasteiger partial charge in [-0.25, -0.2) is 9.78 Å². The van der Waals surface area contributed by atoms with E-state index in [1.165, 1.54) is 12.8 Å². The molecule has 1 aliphatic heterocycles. The smallest absolute Gasteiger partial charge is 0.413 e. The Kier molecular flexibility index (Phi) is 6.21. The van der Waals surface area contributed by atoms with Gasteiger partial charge in [-0.15, -0.1) is 0 Å². The van der Waals surface area contributed by atoms with Crippen LogP contribution in [0.1, 0.15) is 65.5 Å². The van der Waals surface area contributed by atoms with Gasteiger partial charge in [-0.05, 0) is 52.1 Å². The van der Waals surface area contributed by atoms with Gasteiger partial charge in [-0.1, -0.05) is 26.3 Å². The van der Waals surface area contributed by atoms with Crippen LogP contribution >= 0.6 is 0 Å². The molecule has 2 rings (SSSR count). The number of carbonyl (C=O) groups is 1. The van der Waals surface area contributed by atoms with Crippen LogP contribution in [0, 0.1) is 5.92 Å². The lowest BCUT2D eigenvalue weighted by Gasteiger charge is -2.37. The summed E-state index contributed by atoms with van der Waals surface area (Å²) in [4.78, 5) is 19.1. The standard InChI is InChI=1S/C19H31N3O2/c1-14(2)13-22-12-7-6-10-16(22)15-9-8-11-20-17(15)21-18(23)24-19(3,4)5/h8-9,11,14,16H,6-7,10,12-13H2,1-5H3,(H,20,21,23)/t16-/m0/s1. The van der Waals surface area contributed by atoms with Crippen molar-refractivity contribution >= 4 is 11.9 Å². The van der Waals surface area contributed by atoms with E-state index in [1.807, 2.05) is 26.8 Å². The van der Waals surface area contributed by atoms with Gasteiger partial charge in [0.15, 0.2) is 0 Å². The molecule has 5 nitrogen and oxygen atoms in total. The number of hydrogen-bond donors (Lipinski definition) is 1. The second-order valence-electron chi connectivity index (χ2n) is 7.97. The number of ether oxygens (including phenoxy) is 1. The predicted molar refractivity (Wildman–Crippen MR) is 97.1 cm³/mol. The summed E-state index contributed by atoms with van der Waals surface area (Å²) >= 11 is 0. The molecule has 134 valence electrons. The topological polar surface area (TPSA) is 54.5 Å². The maximum atomic E-state index is 12.1. The van der Waals surface area contributed by atoms with E-state index in [-0.39, 0.29) is 0 Å². The van der Waals surface area contributed by atoms with Gasteiger partial charge in [0.2, 0.25) is 0 Å².